The molecule has 156 valence electrons. The summed E-state index contributed by atoms with van der Waals surface area (Å²) in [7, 11) is -3.18. The van der Waals surface area contributed by atoms with Gasteiger partial charge in [0.15, 0.2) is 0 Å². The number of nitrogens with zero attached hydrogens (tertiary/aromatic N) is 2. The van der Waals surface area contributed by atoms with Crippen LogP contribution in [0.15, 0.2) is 83.4 Å². The number of rotatable bonds is 4. The summed E-state index contributed by atoms with van der Waals surface area (Å²) in [6.45, 7) is 6.60. The maximum atomic E-state index is 14.9. The van der Waals surface area contributed by atoms with Crippen molar-refractivity contribution in [2.24, 2.45) is 5.41 Å². The molecule has 5 rings (SSSR count). The Morgan fingerprint density at radius 1 is 0.967 bits per heavy atom. The van der Waals surface area contributed by atoms with Gasteiger partial charge in [0.25, 0.3) is 0 Å². The minimum absolute atomic E-state index is 0.00797. The van der Waals surface area contributed by atoms with Gasteiger partial charge >= 0.3 is 7.44 Å². The van der Waals surface area contributed by atoms with Crippen molar-refractivity contribution in [3.8, 4) is 0 Å². The topological polar surface area (TPSA) is 47.6 Å². The molecular formula is C24H29N4OP. The number of fused-ring (bicyclic) bond motifs is 1. The highest BCUT2D eigenvalue weighted by Crippen LogP contribution is 2.66. The highest BCUT2D eigenvalue weighted by molar-refractivity contribution is 7.71. The third kappa shape index (κ3) is 3.31. The minimum Gasteiger partial charge on any atom is -0.374 e. The van der Waals surface area contributed by atoms with E-state index in [4.69, 9.17) is 0 Å². The Labute approximate surface area is 178 Å². The number of anilines is 2. The van der Waals surface area contributed by atoms with Crippen molar-refractivity contribution in [1.82, 2.24) is 10.3 Å². The normalized spacial score (nSPS) is 25.1. The molecular weight excluding hydrogens is 391 g/mol. The zero-order valence-corrected chi connectivity index (χ0v) is 18.5. The van der Waals surface area contributed by atoms with Crippen LogP contribution < -0.4 is 15.3 Å². The Bertz CT molecular complexity index is 1040. The van der Waals surface area contributed by atoms with Gasteiger partial charge in [-0.3, -0.25) is 9.99 Å². The lowest BCUT2D eigenvalue weighted by Gasteiger charge is -2.35. The standard InChI is InChI=1S/C24H29N4OP/c1-24(2)17-21-23(22(18-24)27-15-9-10-16-27)30(29,26-19-11-5-3-6-12-19)28(25-21)20-13-7-4-8-14-20/h3-8,11-14,17,25H,9-10,15-16,18H2,1-2H3,(H,26,29)/t30-/m1/s1. The number of hydrogen-bond donors (Lipinski definition) is 2. The van der Waals surface area contributed by atoms with Crippen LogP contribution in [0.1, 0.15) is 33.1 Å². The van der Waals surface area contributed by atoms with Gasteiger partial charge in [-0.2, -0.15) is 0 Å². The maximum Gasteiger partial charge on any atom is 0.312 e. The molecule has 1 aliphatic carbocycles. The van der Waals surface area contributed by atoms with E-state index in [1.165, 1.54) is 18.5 Å². The molecule has 3 aliphatic rings. The van der Waals surface area contributed by atoms with Crippen LogP contribution in [0.3, 0.4) is 0 Å². The summed E-state index contributed by atoms with van der Waals surface area (Å²) in [5, 5.41) is 4.38. The quantitative estimate of drug-likeness (QED) is 0.600. The highest BCUT2D eigenvalue weighted by Gasteiger charge is 2.50. The van der Waals surface area contributed by atoms with Gasteiger partial charge in [0, 0.05) is 24.5 Å². The van der Waals surface area contributed by atoms with Crippen molar-refractivity contribution in [3.63, 3.8) is 0 Å². The molecule has 0 saturated carbocycles. The molecule has 0 aromatic heterocycles. The SMILES string of the molecule is CC1(C)C=C2NN(c3ccccc3)[P@](=O)(Nc3ccccc3)C2=C(N2CCCC2)C1. The molecule has 30 heavy (non-hydrogen) atoms. The lowest BCUT2D eigenvalue weighted by atomic mass is 9.83. The number of benzene rings is 2. The van der Waals surface area contributed by atoms with E-state index in [2.05, 4.69) is 35.3 Å². The second-order valence-corrected chi connectivity index (χ2v) is 11.2. The van der Waals surface area contributed by atoms with Crippen molar-refractivity contribution < 1.29 is 4.57 Å². The number of hydrazine groups is 1. The lowest BCUT2D eigenvalue weighted by Crippen LogP contribution is -2.30. The van der Waals surface area contributed by atoms with Crippen LogP contribution in [-0.2, 0) is 4.57 Å². The van der Waals surface area contributed by atoms with Gasteiger partial charge in [-0.05, 0) is 48.9 Å². The molecule has 0 bridgehead atoms. The van der Waals surface area contributed by atoms with E-state index in [1.807, 2.05) is 65.4 Å². The van der Waals surface area contributed by atoms with E-state index in [-0.39, 0.29) is 5.41 Å². The van der Waals surface area contributed by atoms with Gasteiger partial charge in [-0.15, -0.1) is 0 Å². The first-order valence-corrected chi connectivity index (χ1v) is 12.4. The molecule has 2 aliphatic heterocycles. The van der Waals surface area contributed by atoms with Crippen LogP contribution in [0.25, 0.3) is 0 Å². The first-order valence-electron chi connectivity index (χ1n) is 10.7. The maximum absolute atomic E-state index is 14.9. The van der Waals surface area contributed by atoms with Crippen LogP contribution >= 0.6 is 7.44 Å². The van der Waals surface area contributed by atoms with Gasteiger partial charge in [0.1, 0.15) is 0 Å². The number of nitrogens with one attached hydrogen (secondary N) is 2. The molecule has 6 heteroatoms. The van der Waals surface area contributed by atoms with Gasteiger partial charge in [-0.1, -0.05) is 56.3 Å². The Morgan fingerprint density at radius 3 is 2.27 bits per heavy atom. The molecule has 5 nitrogen and oxygen atoms in total. The van der Waals surface area contributed by atoms with E-state index in [0.29, 0.717) is 0 Å². The summed E-state index contributed by atoms with van der Waals surface area (Å²) in [4.78, 5) is 2.46. The fourth-order valence-corrected chi connectivity index (χ4v) is 7.36. The van der Waals surface area contributed by atoms with Crippen molar-refractivity contribution >= 4 is 18.8 Å². The van der Waals surface area contributed by atoms with Gasteiger partial charge < -0.3 is 9.99 Å². The summed E-state index contributed by atoms with van der Waals surface area (Å²) in [6.07, 6.45) is 5.55. The number of likely N-dealkylation sites (tertiary alicyclic amines) is 1. The Kier molecular flexibility index (Phi) is 4.67. The van der Waals surface area contributed by atoms with Gasteiger partial charge in [-0.25, -0.2) is 4.78 Å². The third-order valence-corrected chi connectivity index (χ3v) is 8.60. The molecule has 0 amide bonds. The van der Waals surface area contributed by atoms with Crippen molar-refractivity contribution in [3.05, 3.63) is 83.4 Å². The predicted molar refractivity (Wildman–Crippen MR) is 124 cm³/mol. The monoisotopic (exact) mass is 420 g/mol. The van der Waals surface area contributed by atoms with Crippen LogP contribution in [0, 0.1) is 5.41 Å². The van der Waals surface area contributed by atoms with Crippen molar-refractivity contribution in [1.29, 1.82) is 0 Å². The molecule has 2 N–H and O–H groups in total. The summed E-state index contributed by atoms with van der Waals surface area (Å²) in [5.41, 5.74) is 7.48. The number of para-hydroxylation sites is 2. The summed E-state index contributed by atoms with van der Waals surface area (Å²) < 4.78 is 16.7. The molecule has 2 heterocycles. The zero-order chi connectivity index (χ0) is 20.8. The summed E-state index contributed by atoms with van der Waals surface area (Å²) in [6, 6.07) is 19.9. The number of allylic oxidation sites excluding steroid dienone is 3. The first-order chi connectivity index (χ1) is 14.5. The minimum atomic E-state index is -3.18. The molecule has 0 spiro atoms. The summed E-state index contributed by atoms with van der Waals surface area (Å²) >= 11 is 0. The Morgan fingerprint density at radius 2 is 1.60 bits per heavy atom. The van der Waals surface area contributed by atoms with E-state index in [9.17, 15) is 4.57 Å². The Hall–Kier alpha value is -2.65. The van der Waals surface area contributed by atoms with Crippen molar-refractivity contribution in [2.75, 3.05) is 23.0 Å². The van der Waals surface area contributed by atoms with Gasteiger partial charge in [0.2, 0.25) is 0 Å². The number of hydrogen-bond acceptors (Lipinski definition) is 3. The van der Waals surface area contributed by atoms with Crippen LogP contribution in [0.5, 0.6) is 0 Å². The second-order valence-electron chi connectivity index (χ2n) is 9.03. The lowest BCUT2D eigenvalue weighted by molar-refractivity contribution is 0.344. The fourth-order valence-electron chi connectivity index (χ4n) is 4.73. The van der Waals surface area contributed by atoms with Gasteiger partial charge in [0.05, 0.1) is 16.7 Å². The van der Waals surface area contributed by atoms with E-state index < -0.39 is 7.44 Å². The van der Waals surface area contributed by atoms with E-state index >= 15 is 0 Å². The third-order valence-electron chi connectivity index (χ3n) is 6.04. The van der Waals surface area contributed by atoms with Crippen LogP contribution in [-0.4, -0.2) is 18.0 Å². The molecule has 2 aromatic rings. The first kappa shape index (κ1) is 19.3. The van der Waals surface area contributed by atoms with Crippen molar-refractivity contribution in [2.45, 2.75) is 33.1 Å². The molecule has 1 atom stereocenters. The van der Waals surface area contributed by atoms with Crippen LogP contribution in [0.4, 0.5) is 11.4 Å². The van der Waals surface area contributed by atoms with E-state index in [0.717, 1.165) is 41.9 Å². The molecule has 0 radical (unpaired) electrons. The van der Waals surface area contributed by atoms with E-state index in [1.54, 1.807) is 0 Å². The average molecular weight is 420 g/mol. The fraction of sp³-hybridized carbons (Fsp3) is 0.333. The summed E-state index contributed by atoms with van der Waals surface area (Å²) in [5.74, 6) is 0. The zero-order valence-electron chi connectivity index (χ0n) is 17.6. The highest BCUT2D eigenvalue weighted by atomic mass is 31.2. The smallest absolute Gasteiger partial charge is 0.312 e. The molecule has 2 saturated heterocycles. The Balaban J connectivity index is 1.69. The van der Waals surface area contributed by atoms with Crippen LogP contribution in [0.2, 0.25) is 0 Å². The second kappa shape index (κ2) is 7.24. The molecule has 0 unspecified atom stereocenters. The predicted octanol–water partition coefficient (Wildman–Crippen LogP) is 5.94. The molecule has 2 aromatic carbocycles. The average Bonchev–Trinajstić information content (AvgIpc) is 3.35. The molecule has 2 fully saturated rings. The largest absolute Gasteiger partial charge is 0.374 e.